The summed E-state index contributed by atoms with van der Waals surface area (Å²) in [5.41, 5.74) is 3.97. The predicted molar refractivity (Wildman–Crippen MR) is 102 cm³/mol. The molecule has 5 heteroatoms. The van der Waals surface area contributed by atoms with Crippen LogP contribution in [0.2, 0.25) is 0 Å². The van der Waals surface area contributed by atoms with E-state index in [1.54, 1.807) is 7.11 Å². The summed E-state index contributed by atoms with van der Waals surface area (Å²) in [4.78, 5) is 0. The van der Waals surface area contributed by atoms with Crippen molar-refractivity contribution >= 4 is 15.9 Å². The molecule has 0 N–H and O–H groups in total. The van der Waals surface area contributed by atoms with Gasteiger partial charge in [0.15, 0.2) is 0 Å². The Kier molecular flexibility index (Phi) is 4.49. The lowest BCUT2D eigenvalue weighted by molar-refractivity contribution is 0.303. The summed E-state index contributed by atoms with van der Waals surface area (Å²) in [5, 5.41) is 5.43. The van der Waals surface area contributed by atoms with Crippen LogP contribution in [-0.4, -0.2) is 23.0 Å². The van der Waals surface area contributed by atoms with Gasteiger partial charge in [0.25, 0.3) is 0 Å². The van der Waals surface area contributed by atoms with Crippen LogP contribution in [0, 0.1) is 0 Å². The predicted octanol–water partition coefficient (Wildman–Crippen LogP) is 4.98. The van der Waals surface area contributed by atoms with E-state index < -0.39 is 0 Å². The van der Waals surface area contributed by atoms with E-state index in [1.165, 1.54) is 0 Å². The molecular formula is C20H19BrN2O2. The molecule has 1 aliphatic rings. The summed E-state index contributed by atoms with van der Waals surface area (Å²) in [6, 6.07) is 18.2. The van der Waals surface area contributed by atoms with Gasteiger partial charge in [0.1, 0.15) is 17.2 Å². The Morgan fingerprint density at radius 1 is 1.12 bits per heavy atom. The number of para-hydroxylation sites is 2. The third kappa shape index (κ3) is 3.42. The number of aromatic nitrogens is 2. The van der Waals surface area contributed by atoms with E-state index in [0.29, 0.717) is 11.4 Å². The van der Waals surface area contributed by atoms with E-state index in [4.69, 9.17) is 14.6 Å². The first-order chi connectivity index (χ1) is 12.3. The number of benzene rings is 2. The van der Waals surface area contributed by atoms with Gasteiger partial charge in [0.05, 0.1) is 24.6 Å². The van der Waals surface area contributed by atoms with Crippen LogP contribution in [0.15, 0.2) is 54.6 Å². The molecule has 4 nitrogen and oxygen atoms in total. The van der Waals surface area contributed by atoms with E-state index in [0.717, 1.165) is 47.0 Å². The Balaban J connectivity index is 1.80. The van der Waals surface area contributed by atoms with Gasteiger partial charge in [-0.2, -0.15) is 5.10 Å². The number of alkyl halides is 1. The van der Waals surface area contributed by atoms with Crippen molar-refractivity contribution in [3.63, 3.8) is 0 Å². The molecular weight excluding hydrogens is 380 g/mol. The molecule has 0 aliphatic heterocycles. The summed E-state index contributed by atoms with van der Waals surface area (Å²) in [7, 11) is 1.68. The Hall–Kier alpha value is -2.27. The Labute approximate surface area is 155 Å². The maximum Gasteiger partial charge on any atom is 0.144 e. The molecule has 0 saturated heterocycles. The van der Waals surface area contributed by atoms with E-state index in [-0.39, 0.29) is 0 Å². The third-order valence-electron chi connectivity index (χ3n) is 4.17. The van der Waals surface area contributed by atoms with Gasteiger partial charge in [0, 0.05) is 10.9 Å². The van der Waals surface area contributed by atoms with Gasteiger partial charge in [-0.05, 0) is 43.2 Å². The van der Waals surface area contributed by atoms with Crippen LogP contribution in [0.4, 0.5) is 0 Å². The summed E-state index contributed by atoms with van der Waals surface area (Å²) in [5.74, 6) is 1.70. The summed E-state index contributed by atoms with van der Waals surface area (Å²) in [6.45, 7) is 0. The molecule has 128 valence electrons. The highest BCUT2D eigenvalue weighted by Gasteiger charge is 2.23. The number of rotatable bonds is 6. The molecule has 0 radical (unpaired) electrons. The first-order valence-electron chi connectivity index (χ1n) is 8.34. The molecule has 1 saturated carbocycles. The van der Waals surface area contributed by atoms with Crippen molar-refractivity contribution in [1.29, 1.82) is 0 Å². The van der Waals surface area contributed by atoms with Crippen LogP contribution in [0.5, 0.6) is 11.5 Å². The largest absolute Gasteiger partial charge is 0.494 e. The minimum Gasteiger partial charge on any atom is -0.494 e. The number of hydrogen-bond donors (Lipinski definition) is 0. The summed E-state index contributed by atoms with van der Waals surface area (Å²) in [6.07, 6.45) is 2.68. The molecule has 0 bridgehead atoms. The van der Waals surface area contributed by atoms with Crippen LogP contribution in [0.1, 0.15) is 18.5 Å². The Morgan fingerprint density at radius 3 is 2.72 bits per heavy atom. The topological polar surface area (TPSA) is 36.3 Å². The molecule has 1 fully saturated rings. The van der Waals surface area contributed by atoms with Crippen molar-refractivity contribution in [3.8, 4) is 28.4 Å². The molecule has 0 atom stereocenters. The standard InChI is InChI=1S/C20H19BrN2O2/c1-24-20-8-3-2-7-18(20)23-19(12-15(13-21)22-23)14-5-4-6-17(11-14)25-16-9-10-16/h2-8,11-12,16H,9-10,13H2,1H3. The van der Waals surface area contributed by atoms with Crippen molar-refractivity contribution in [2.45, 2.75) is 24.3 Å². The molecule has 0 unspecified atom stereocenters. The maximum absolute atomic E-state index is 5.95. The van der Waals surface area contributed by atoms with E-state index in [9.17, 15) is 0 Å². The molecule has 0 spiro atoms. The minimum atomic E-state index is 0.382. The lowest BCUT2D eigenvalue weighted by atomic mass is 10.1. The van der Waals surface area contributed by atoms with Crippen LogP contribution in [-0.2, 0) is 5.33 Å². The second-order valence-electron chi connectivity index (χ2n) is 6.08. The number of nitrogens with zero attached hydrogens (tertiary/aromatic N) is 2. The van der Waals surface area contributed by atoms with E-state index >= 15 is 0 Å². The fourth-order valence-corrected chi connectivity index (χ4v) is 3.07. The molecule has 25 heavy (non-hydrogen) atoms. The van der Waals surface area contributed by atoms with Crippen molar-refractivity contribution in [2.24, 2.45) is 0 Å². The zero-order valence-electron chi connectivity index (χ0n) is 14.0. The molecule has 1 aliphatic carbocycles. The van der Waals surface area contributed by atoms with Crippen LogP contribution in [0.3, 0.4) is 0 Å². The molecule has 2 aromatic carbocycles. The quantitative estimate of drug-likeness (QED) is 0.549. The normalized spacial score (nSPS) is 13.7. The van der Waals surface area contributed by atoms with Gasteiger partial charge in [0.2, 0.25) is 0 Å². The van der Waals surface area contributed by atoms with Gasteiger partial charge in [-0.1, -0.05) is 40.2 Å². The zero-order chi connectivity index (χ0) is 17.2. The second kappa shape index (κ2) is 6.92. The lowest BCUT2D eigenvalue weighted by Crippen LogP contribution is -2.02. The fraction of sp³-hybridized carbons (Fsp3) is 0.250. The van der Waals surface area contributed by atoms with Gasteiger partial charge < -0.3 is 9.47 Å². The molecule has 3 aromatic rings. The van der Waals surface area contributed by atoms with Crippen molar-refractivity contribution in [1.82, 2.24) is 9.78 Å². The monoisotopic (exact) mass is 398 g/mol. The summed E-state index contributed by atoms with van der Waals surface area (Å²) < 4.78 is 13.4. The van der Waals surface area contributed by atoms with Gasteiger partial charge in [-0.25, -0.2) is 4.68 Å². The SMILES string of the molecule is COc1ccccc1-n1nc(CBr)cc1-c1cccc(OC2CC2)c1. The average Bonchev–Trinajstić information content (AvgIpc) is 3.36. The van der Waals surface area contributed by atoms with Crippen molar-refractivity contribution in [2.75, 3.05) is 7.11 Å². The third-order valence-corrected chi connectivity index (χ3v) is 4.74. The van der Waals surface area contributed by atoms with Gasteiger partial charge in [-0.15, -0.1) is 0 Å². The zero-order valence-corrected chi connectivity index (χ0v) is 15.6. The summed E-state index contributed by atoms with van der Waals surface area (Å²) >= 11 is 3.51. The Bertz CT molecular complexity index is 887. The maximum atomic E-state index is 5.95. The molecule has 4 rings (SSSR count). The van der Waals surface area contributed by atoms with Crippen molar-refractivity contribution in [3.05, 3.63) is 60.3 Å². The van der Waals surface area contributed by atoms with Crippen molar-refractivity contribution < 1.29 is 9.47 Å². The van der Waals surface area contributed by atoms with E-state index in [2.05, 4.69) is 34.1 Å². The van der Waals surface area contributed by atoms with Crippen LogP contribution >= 0.6 is 15.9 Å². The number of halogens is 1. The first-order valence-corrected chi connectivity index (χ1v) is 9.46. The number of ether oxygens (including phenoxy) is 2. The number of hydrogen-bond acceptors (Lipinski definition) is 3. The van der Waals surface area contributed by atoms with Gasteiger partial charge >= 0.3 is 0 Å². The first kappa shape index (κ1) is 16.2. The van der Waals surface area contributed by atoms with Gasteiger partial charge in [-0.3, -0.25) is 0 Å². The molecule has 1 heterocycles. The smallest absolute Gasteiger partial charge is 0.144 e. The lowest BCUT2D eigenvalue weighted by Gasteiger charge is -2.12. The highest BCUT2D eigenvalue weighted by atomic mass is 79.9. The average molecular weight is 399 g/mol. The molecule has 1 aromatic heterocycles. The Morgan fingerprint density at radius 2 is 1.96 bits per heavy atom. The van der Waals surface area contributed by atoms with Crippen LogP contribution < -0.4 is 9.47 Å². The molecule has 0 amide bonds. The minimum absolute atomic E-state index is 0.382. The number of methoxy groups -OCH3 is 1. The van der Waals surface area contributed by atoms with Crippen LogP contribution in [0.25, 0.3) is 16.9 Å². The second-order valence-corrected chi connectivity index (χ2v) is 6.64. The fourth-order valence-electron chi connectivity index (χ4n) is 2.80. The highest BCUT2D eigenvalue weighted by molar-refractivity contribution is 9.08. The van der Waals surface area contributed by atoms with E-state index in [1.807, 2.05) is 41.1 Å². The highest BCUT2D eigenvalue weighted by Crippen LogP contribution is 2.33.